The van der Waals surface area contributed by atoms with Crippen LogP contribution in [-0.4, -0.2) is 41.1 Å². The summed E-state index contributed by atoms with van der Waals surface area (Å²) in [5.41, 5.74) is -1.16. The molecule has 0 heterocycles. The number of carboxylic acid groups (broad SMARTS) is 1. The fourth-order valence-electron chi connectivity index (χ4n) is 2.56. The second-order valence-electron chi connectivity index (χ2n) is 5.64. The maximum absolute atomic E-state index is 12.1. The van der Waals surface area contributed by atoms with Crippen molar-refractivity contribution in [3.63, 3.8) is 0 Å². The molecule has 0 saturated heterocycles. The third kappa shape index (κ3) is 4.12. The quantitative estimate of drug-likeness (QED) is 0.770. The molecule has 2 N–H and O–H groups in total. The topological polar surface area (TPSA) is 93.4 Å². The Hall–Kier alpha value is -1.77. The van der Waals surface area contributed by atoms with Crippen molar-refractivity contribution in [2.75, 3.05) is 13.6 Å². The summed E-state index contributed by atoms with van der Waals surface area (Å²) in [5.74, 6) is -1.24. The summed E-state index contributed by atoms with van der Waals surface area (Å²) >= 11 is 0. The lowest BCUT2D eigenvalue weighted by Gasteiger charge is -2.31. The standard InChI is InChI=1S/C14H23N3O3/c1-11(9-15)10-17(2)13(20)16-14(12(18)19)7-5-3-4-6-8-14/h11H,3-8,10H2,1-2H3,(H,16,20)(H,18,19). The molecule has 6 nitrogen and oxygen atoms in total. The van der Waals surface area contributed by atoms with Crippen molar-refractivity contribution in [1.82, 2.24) is 10.2 Å². The monoisotopic (exact) mass is 281 g/mol. The highest BCUT2D eigenvalue weighted by atomic mass is 16.4. The predicted molar refractivity (Wildman–Crippen MR) is 74.0 cm³/mol. The summed E-state index contributed by atoms with van der Waals surface area (Å²) < 4.78 is 0. The zero-order valence-electron chi connectivity index (χ0n) is 12.2. The van der Waals surface area contributed by atoms with E-state index in [0.29, 0.717) is 12.8 Å². The summed E-state index contributed by atoms with van der Waals surface area (Å²) in [6, 6.07) is 1.64. The summed E-state index contributed by atoms with van der Waals surface area (Å²) in [4.78, 5) is 25.1. The van der Waals surface area contributed by atoms with Gasteiger partial charge in [-0.1, -0.05) is 25.7 Å². The van der Waals surface area contributed by atoms with E-state index in [1.54, 1.807) is 14.0 Å². The normalized spacial score (nSPS) is 19.2. The number of urea groups is 1. The number of rotatable bonds is 4. The Kier molecular flexibility index (Phi) is 5.81. The summed E-state index contributed by atoms with van der Waals surface area (Å²) in [7, 11) is 1.58. The van der Waals surface area contributed by atoms with Gasteiger partial charge in [-0.25, -0.2) is 9.59 Å². The molecule has 0 aliphatic heterocycles. The van der Waals surface area contributed by atoms with Crippen molar-refractivity contribution in [3.8, 4) is 6.07 Å². The zero-order chi connectivity index (χ0) is 15.2. The van der Waals surface area contributed by atoms with Crippen molar-refractivity contribution in [2.45, 2.75) is 51.0 Å². The van der Waals surface area contributed by atoms with Gasteiger partial charge >= 0.3 is 12.0 Å². The molecule has 1 fully saturated rings. The highest BCUT2D eigenvalue weighted by Gasteiger charge is 2.40. The number of amides is 2. The van der Waals surface area contributed by atoms with Crippen LogP contribution in [0.4, 0.5) is 4.79 Å². The second kappa shape index (κ2) is 7.13. The molecule has 112 valence electrons. The van der Waals surface area contributed by atoms with E-state index in [1.165, 1.54) is 4.90 Å². The molecule has 0 radical (unpaired) electrons. The smallest absolute Gasteiger partial charge is 0.329 e. The second-order valence-corrected chi connectivity index (χ2v) is 5.64. The van der Waals surface area contributed by atoms with E-state index in [4.69, 9.17) is 5.26 Å². The lowest BCUT2D eigenvalue weighted by Crippen LogP contribution is -2.57. The molecular formula is C14H23N3O3. The number of aliphatic carboxylic acids is 1. The first kappa shape index (κ1) is 16.3. The molecule has 1 aliphatic carbocycles. The Morgan fingerprint density at radius 2 is 1.90 bits per heavy atom. The Morgan fingerprint density at radius 1 is 1.35 bits per heavy atom. The fraction of sp³-hybridized carbons (Fsp3) is 0.786. The van der Waals surface area contributed by atoms with E-state index < -0.39 is 17.5 Å². The van der Waals surface area contributed by atoms with E-state index in [1.807, 2.05) is 0 Å². The predicted octanol–water partition coefficient (Wildman–Crippen LogP) is 1.97. The van der Waals surface area contributed by atoms with Gasteiger partial charge in [0.05, 0.1) is 12.0 Å². The molecule has 6 heteroatoms. The van der Waals surface area contributed by atoms with Gasteiger partial charge in [0.2, 0.25) is 0 Å². The van der Waals surface area contributed by atoms with Gasteiger partial charge in [0.25, 0.3) is 0 Å². The van der Waals surface area contributed by atoms with Crippen LogP contribution in [0.15, 0.2) is 0 Å². The maximum Gasteiger partial charge on any atom is 0.329 e. The lowest BCUT2D eigenvalue weighted by atomic mass is 9.90. The third-order valence-corrected chi connectivity index (χ3v) is 3.83. The van der Waals surface area contributed by atoms with Crippen molar-refractivity contribution in [2.24, 2.45) is 5.92 Å². The van der Waals surface area contributed by atoms with E-state index in [-0.39, 0.29) is 12.5 Å². The third-order valence-electron chi connectivity index (χ3n) is 3.83. The van der Waals surface area contributed by atoms with Gasteiger partial charge in [0, 0.05) is 13.6 Å². The molecule has 0 aromatic heterocycles. The zero-order valence-corrected chi connectivity index (χ0v) is 12.2. The Morgan fingerprint density at radius 3 is 2.35 bits per heavy atom. The van der Waals surface area contributed by atoms with Crippen LogP contribution in [0.25, 0.3) is 0 Å². The molecule has 1 aliphatic rings. The van der Waals surface area contributed by atoms with Crippen LogP contribution in [0, 0.1) is 17.2 Å². The summed E-state index contributed by atoms with van der Waals surface area (Å²) in [5, 5.41) is 20.9. The number of carbonyl (C=O) groups excluding carboxylic acids is 1. The minimum atomic E-state index is -1.16. The van der Waals surface area contributed by atoms with Crippen LogP contribution >= 0.6 is 0 Å². The minimum Gasteiger partial charge on any atom is -0.480 e. The number of nitrogens with one attached hydrogen (secondary N) is 1. The van der Waals surface area contributed by atoms with Crippen molar-refractivity contribution in [1.29, 1.82) is 5.26 Å². The van der Waals surface area contributed by atoms with Gasteiger partial charge in [-0.05, 0) is 19.8 Å². The molecule has 1 saturated carbocycles. The number of carboxylic acids is 1. The number of nitriles is 1. The SMILES string of the molecule is CC(C#N)CN(C)C(=O)NC1(C(=O)O)CCCCCC1. The molecule has 2 amide bonds. The molecule has 0 aromatic carbocycles. The van der Waals surface area contributed by atoms with Gasteiger partial charge in [-0.15, -0.1) is 0 Å². The number of carbonyl (C=O) groups is 2. The van der Waals surface area contributed by atoms with Crippen molar-refractivity contribution in [3.05, 3.63) is 0 Å². The molecule has 20 heavy (non-hydrogen) atoms. The van der Waals surface area contributed by atoms with Crippen LogP contribution in [-0.2, 0) is 4.79 Å². The van der Waals surface area contributed by atoms with Crippen molar-refractivity contribution < 1.29 is 14.7 Å². The highest BCUT2D eigenvalue weighted by molar-refractivity contribution is 5.86. The molecule has 0 spiro atoms. The Labute approximate surface area is 119 Å². The van der Waals surface area contributed by atoms with Crippen LogP contribution in [0.1, 0.15) is 45.4 Å². The van der Waals surface area contributed by atoms with E-state index >= 15 is 0 Å². The first-order valence-corrected chi connectivity index (χ1v) is 7.07. The van der Waals surface area contributed by atoms with Gasteiger partial charge in [0.15, 0.2) is 0 Å². The largest absolute Gasteiger partial charge is 0.480 e. The summed E-state index contributed by atoms with van der Waals surface area (Å²) in [6.07, 6.45) is 4.57. The van der Waals surface area contributed by atoms with Gasteiger partial charge in [-0.3, -0.25) is 0 Å². The van der Waals surface area contributed by atoms with Gasteiger partial charge < -0.3 is 15.3 Å². The van der Waals surface area contributed by atoms with Crippen LogP contribution in [0.5, 0.6) is 0 Å². The fourth-order valence-corrected chi connectivity index (χ4v) is 2.56. The molecule has 1 rings (SSSR count). The summed E-state index contributed by atoms with van der Waals surface area (Å²) in [6.45, 7) is 2.01. The first-order valence-electron chi connectivity index (χ1n) is 7.07. The van der Waals surface area contributed by atoms with Crippen LogP contribution < -0.4 is 5.32 Å². The molecule has 0 bridgehead atoms. The highest BCUT2D eigenvalue weighted by Crippen LogP contribution is 2.27. The minimum absolute atomic E-state index is 0.277. The van der Waals surface area contributed by atoms with E-state index in [2.05, 4.69) is 11.4 Å². The van der Waals surface area contributed by atoms with E-state index in [9.17, 15) is 14.7 Å². The van der Waals surface area contributed by atoms with E-state index in [0.717, 1.165) is 25.7 Å². The first-order chi connectivity index (χ1) is 9.41. The number of hydrogen-bond acceptors (Lipinski definition) is 3. The van der Waals surface area contributed by atoms with Crippen LogP contribution in [0.3, 0.4) is 0 Å². The molecule has 1 atom stereocenters. The maximum atomic E-state index is 12.1. The van der Waals surface area contributed by atoms with Gasteiger partial charge in [-0.2, -0.15) is 5.26 Å². The van der Waals surface area contributed by atoms with Crippen molar-refractivity contribution >= 4 is 12.0 Å². The average Bonchev–Trinajstić information content (AvgIpc) is 2.65. The lowest BCUT2D eigenvalue weighted by molar-refractivity contribution is -0.145. The Balaban J connectivity index is 2.72. The molecular weight excluding hydrogens is 258 g/mol. The van der Waals surface area contributed by atoms with Crippen LogP contribution in [0.2, 0.25) is 0 Å². The molecule has 1 unspecified atom stereocenters. The number of hydrogen-bond donors (Lipinski definition) is 2. The molecule has 0 aromatic rings. The number of nitrogens with zero attached hydrogens (tertiary/aromatic N) is 2. The van der Waals surface area contributed by atoms with Gasteiger partial charge in [0.1, 0.15) is 5.54 Å². The Bertz CT molecular complexity index is 395. The average molecular weight is 281 g/mol.